The molecule has 3 aromatic rings. The topological polar surface area (TPSA) is 121 Å². The molecule has 228 valence electrons. The lowest BCUT2D eigenvalue weighted by atomic mass is 9.89. The third kappa shape index (κ3) is 6.00. The van der Waals surface area contributed by atoms with E-state index in [0.717, 1.165) is 28.4 Å². The number of anilines is 4. The standard InChI is InChI=1S/C30H36FN7O4S/c1-4-29(39)38-12-8-25(38)20-5-6-24(37-15-19(16-37)18-43(3,40)41)22-14-33-28(13-21(20)22)34-27-7-10-32-30(35-27)36-11-9-26(42-2)23(31)17-36/h4-7,10,13-14,19,23,25-26H,1,8-9,11-12,15-18H2,2-3H3,(H,32,33,34,35)/t23-,25+,26+/m0/s1. The maximum atomic E-state index is 14.5. The molecule has 43 heavy (non-hydrogen) atoms. The highest BCUT2D eigenvalue weighted by Crippen LogP contribution is 2.42. The van der Waals surface area contributed by atoms with E-state index in [4.69, 9.17) is 9.72 Å². The van der Waals surface area contributed by atoms with Crippen molar-refractivity contribution in [1.82, 2.24) is 19.9 Å². The van der Waals surface area contributed by atoms with E-state index in [1.54, 1.807) is 12.3 Å². The molecule has 3 fully saturated rings. The number of piperidine rings is 1. The van der Waals surface area contributed by atoms with Gasteiger partial charge in [-0.05, 0) is 48.1 Å². The van der Waals surface area contributed by atoms with E-state index in [1.807, 2.05) is 28.1 Å². The molecule has 0 aliphatic carbocycles. The Morgan fingerprint density at radius 2 is 1.93 bits per heavy atom. The number of nitrogens with one attached hydrogen (secondary N) is 1. The number of pyridine rings is 1. The van der Waals surface area contributed by atoms with Crippen LogP contribution in [0.3, 0.4) is 0 Å². The lowest BCUT2D eigenvalue weighted by Gasteiger charge is -2.43. The van der Waals surface area contributed by atoms with E-state index in [1.165, 1.54) is 19.4 Å². The van der Waals surface area contributed by atoms with Crippen LogP contribution in [-0.4, -0.2) is 98.3 Å². The van der Waals surface area contributed by atoms with Crippen LogP contribution in [0.5, 0.6) is 0 Å². The third-order valence-corrected chi connectivity index (χ3v) is 9.63. The molecule has 1 N–H and O–H groups in total. The molecule has 13 heteroatoms. The van der Waals surface area contributed by atoms with Crippen molar-refractivity contribution in [1.29, 1.82) is 0 Å². The van der Waals surface area contributed by atoms with E-state index in [0.29, 0.717) is 50.2 Å². The Labute approximate surface area is 250 Å². The SMILES string of the molecule is C=CC(=O)N1CC[C@@H]1c1ccc(N2CC(CS(C)(=O)=O)C2)c2cnc(Nc3ccnc(N4CC[C@@H](OC)[C@@H](F)C4)n3)cc12. The van der Waals surface area contributed by atoms with Crippen molar-refractivity contribution < 1.29 is 22.3 Å². The van der Waals surface area contributed by atoms with Crippen molar-refractivity contribution in [3.8, 4) is 0 Å². The number of nitrogens with zero attached hydrogens (tertiary/aromatic N) is 6. The van der Waals surface area contributed by atoms with Crippen LogP contribution in [-0.2, 0) is 19.4 Å². The Kier molecular flexibility index (Phi) is 7.94. The van der Waals surface area contributed by atoms with E-state index >= 15 is 0 Å². The van der Waals surface area contributed by atoms with Crippen molar-refractivity contribution in [2.45, 2.75) is 31.2 Å². The third-order valence-electron chi connectivity index (χ3n) is 8.55. The van der Waals surface area contributed by atoms with Gasteiger partial charge in [0.1, 0.15) is 27.6 Å². The highest BCUT2D eigenvalue weighted by atomic mass is 32.2. The van der Waals surface area contributed by atoms with Gasteiger partial charge in [-0.3, -0.25) is 4.79 Å². The number of methoxy groups -OCH3 is 1. The minimum Gasteiger partial charge on any atom is -0.378 e. The average molecular weight is 610 g/mol. The second kappa shape index (κ2) is 11.7. The predicted molar refractivity (Wildman–Crippen MR) is 164 cm³/mol. The van der Waals surface area contributed by atoms with Crippen LogP contribution in [0.15, 0.2) is 49.3 Å². The number of likely N-dealkylation sites (tertiary alicyclic amines) is 1. The summed E-state index contributed by atoms with van der Waals surface area (Å²) < 4.78 is 43.3. The Morgan fingerprint density at radius 3 is 2.60 bits per heavy atom. The summed E-state index contributed by atoms with van der Waals surface area (Å²) in [5.41, 5.74) is 1.99. The second-order valence-electron chi connectivity index (χ2n) is 11.6. The van der Waals surface area contributed by atoms with Crippen LogP contribution < -0.4 is 15.1 Å². The monoisotopic (exact) mass is 609 g/mol. The van der Waals surface area contributed by atoms with Gasteiger partial charge in [0, 0.05) is 68.9 Å². The molecule has 0 radical (unpaired) electrons. The Hall–Kier alpha value is -3.84. The fourth-order valence-corrected chi connectivity index (χ4v) is 7.37. The summed E-state index contributed by atoms with van der Waals surface area (Å²) in [4.78, 5) is 32.0. The molecule has 1 amide bonds. The van der Waals surface area contributed by atoms with Crippen LogP contribution in [0.1, 0.15) is 24.4 Å². The summed E-state index contributed by atoms with van der Waals surface area (Å²) in [6.45, 7) is 6.37. The number of sulfone groups is 1. The molecular formula is C30H36FN7O4S. The van der Waals surface area contributed by atoms with Crippen molar-refractivity contribution in [2.24, 2.45) is 5.92 Å². The number of halogens is 1. The Morgan fingerprint density at radius 1 is 1.12 bits per heavy atom. The lowest BCUT2D eigenvalue weighted by Crippen LogP contribution is -2.49. The van der Waals surface area contributed by atoms with E-state index in [2.05, 4.69) is 32.8 Å². The average Bonchev–Trinajstić information content (AvgIpc) is 2.94. The van der Waals surface area contributed by atoms with Gasteiger partial charge in [-0.1, -0.05) is 12.6 Å². The Balaban J connectivity index is 1.29. The van der Waals surface area contributed by atoms with Crippen molar-refractivity contribution in [2.75, 3.05) is 67.0 Å². The smallest absolute Gasteiger partial charge is 0.246 e. The number of aromatic nitrogens is 3. The minimum absolute atomic E-state index is 0.0824. The van der Waals surface area contributed by atoms with E-state index < -0.39 is 22.1 Å². The number of fused-ring (bicyclic) bond motifs is 1. The molecule has 3 atom stereocenters. The highest BCUT2D eigenvalue weighted by Gasteiger charge is 2.35. The number of carbonyl (C=O) groups is 1. The molecule has 0 unspecified atom stereocenters. The zero-order valence-corrected chi connectivity index (χ0v) is 25.1. The maximum Gasteiger partial charge on any atom is 0.246 e. The van der Waals surface area contributed by atoms with Crippen LogP contribution in [0, 0.1) is 5.92 Å². The fraction of sp³-hybridized carbons (Fsp3) is 0.467. The van der Waals surface area contributed by atoms with Crippen LogP contribution in [0.25, 0.3) is 10.8 Å². The number of hydrogen-bond acceptors (Lipinski definition) is 10. The van der Waals surface area contributed by atoms with Gasteiger partial charge in [-0.15, -0.1) is 0 Å². The minimum atomic E-state index is -3.05. The molecule has 3 aliphatic rings. The van der Waals surface area contributed by atoms with Gasteiger partial charge in [0.05, 0.1) is 24.4 Å². The first kappa shape index (κ1) is 29.2. The van der Waals surface area contributed by atoms with E-state index in [-0.39, 0.29) is 30.2 Å². The number of ether oxygens (including phenoxy) is 1. The normalized spacial score (nSPS) is 22.7. The molecule has 0 bridgehead atoms. The molecule has 5 heterocycles. The highest BCUT2D eigenvalue weighted by molar-refractivity contribution is 7.90. The number of hydrogen-bond donors (Lipinski definition) is 1. The molecular weight excluding hydrogens is 573 g/mol. The summed E-state index contributed by atoms with van der Waals surface area (Å²) in [6, 6.07) is 7.71. The first-order valence-electron chi connectivity index (χ1n) is 14.4. The molecule has 3 saturated heterocycles. The van der Waals surface area contributed by atoms with Crippen LogP contribution in [0.4, 0.5) is 27.7 Å². The second-order valence-corrected chi connectivity index (χ2v) is 13.8. The quantitative estimate of drug-likeness (QED) is 0.362. The molecule has 11 nitrogen and oxygen atoms in total. The first-order chi connectivity index (χ1) is 20.6. The molecule has 0 spiro atoms. The maximum absolute atomic E-state index is 14.5. The van der Waals surface area contributed by atoms with Gasteiger partial charge in [0.25, 0.3) is 0 Å². The summed E-state index contributed by atoms with van der Waals surface area (Å²) in [5, 5.41) is 5.16. The van der Waals surface area contributed by atoms with Gasteiger partial charge >= 0.3 is 0 Å². The summed E-state index contributed by atoms with van der Waals surface area (Å²) in [5.74, 6) is 1.68. The molecule has 6 rings (SSSR count). The molecule has 0 saturated carbocycles. The van der Waals surface area contributed by atoms with Crippen LogP contribution in [0.2, 0.25) is 0 Å². The number of carbonyl (C=O) groups excluding carboxylic acids is 1. The van der Waals surface area contributed by atoms with Crippen molar-refractivity contribution >= 4 is 49.8 Å². The zero-order valence-electron chi connectivity index (χ0n) is 24.3. The van der Waals surface area contributed by atoms with Gasteiger partial charge in [0.2, 0.25) is 11.9 Å². The predicted octanol–water partition coefficient (Wildman–Crippen LogP) is 3.27. The molecule has 3 aliphatic heterocycles. The fourth-order valence-electron chi connectivity index (χ4n) is 6.31. The number of alkyl halides is 1. The van der Waals surface area contributed by atoms with Gasteiger partial charge in [-0.2, -0.15) is 4.98 Å². The largest absolute Gasteiger partial charge is 0.378 e. The number of amides is 1. The number of benzene rings is 1. The van der Waals surface area contributed by atoms with Gasteiger partial charge < -0.3 is 24.8 Å². The number of rotatable bonds is 9. The van der Waals surface area contributed by atoms with Gasteiger partial charge in [-0.25, -0.2) is 22.8 Å². The van der Waals surface area contributed by atoms with Crippen molar-refractivity contribution in [3.63, 3.8) is 0 Å². The molecule has 2 aromatic heterocycles. The first-order valence-corrected chi connectivity index (χ1v) is 16.5. The summed E-state index contributed by atoms with van der Waals surface area (Å²) in [7, 11) is -1.52. The van der Waals surface area contributed by atoms with E-state index in [9.17, 15) is 17.6 Å². The van der Waals surface area contributed by atoms with Crippen LogP contribution >= 0.6 is 0 Å². The summed E-state index contributed by atoms with van der Waals surface area (Å²) >= 11 is 0. The Bertz CT molecular complexity index is 1650. The van der Waals surface area contributed by atoms with Gasteiger partial charge in [0.15, 0.2) is 0 Å². The lowest BCUT2D eigenvalue weighted by molar-refractivity contribution is -0.133. The van der Waals surface area contributed by atoms with Crippen molar-refractivity contribution in [3.05, 3.63) is 54.9 Å². The molecule has 1 aromatic carbocycles. The zero-order chi connectivity index (χ0) is 30.3. The summed E-state index contributed by atoms with van der Waals surface area (Å²) in [6.07, 6.45) is 5.90.